The standard InChI is InChI=1S/C22H30O4/c1-12(2)15-18(24)16-13(17(23)19(15)25-6)10-22-9-7-8-20(3,4)14(22)11-21(16,5)26-22/h12,14H,7-11H2,1-6H3. The van der Waals surface area contributed by atoms with Crippen molar-refractivity contribution in [3.8, 4) is 0 Å². The normalized spacial score (nSPS) is 38.7. The van der Waals surface area contributed by atoms with Crippen molar-refractivity contribution in [3.63, 3.8) is 0 Å². The van der Waals surface area contributed by atoms with Crippen molar-refractivity contribution < 1.29 is 19.1 Å². The second-order valence-electron chi connectivity index (χ2n) is 9.79. The number of carbonyl (C=O) groups is 2. The van der Waals surface area contributed by atoms with Gasteiger partial charge < -0.3 is 9.47 Å². The molecule has 26 heavy (non-hydrogen) atoms. The zero-order chi connectivity index (χ0) is 19.1. The molecule has 1 saturated carbocycles. The third kappa shape index (κ3) is 2.11. The minimum absolute atomic E-state index is 0.0414. The first kappa shape index (κ1) is 18.0. The van der Waals surface area contributed by atoms with Gasteiger partial charge in [-0.1, -0.05) is 34.1 Å². The predicted molar refractivity (Wildman–Crippen MR) is 98.5 cm³/mol. The fraction of sp³-hybridized carbons (Fsp3) is 0.727. The number of ether oxygens (including phenoxy) is 2. The average Bonchev–Trinajstić information content (AvgIpc) is 2.78. The summed E-state index contributed by atoms with van der Waals surface area (Å²) in [5.41, 5.74) is 0.972. The average molecular weight is 358 g/mol. The maximum Gasteiger partial charge on any atom is 0.224 e. The van der Waals surface area contributed by atoms with E-state index in [9.17, 15) is 9.59 Å². The van der Waals surface area contributed by atoms with Crippen LogP contribution in [0.2, 0.25) is 0 Å². The van der Waals surface area contributed by atoms with Crippen molar-refractivity contribution in [2.75, 3.05) is 7.11 Å². The van der Waals surface area contributed by atoms with Gasteiger partial charge in [0.25, 0.3) is 0 Å². The monoisotopic (exact) mass is 358 g/mol. The lowest BCUT2D eigenvalue weighted by molar-refractivity contribution is -0.144. The highest BCUT2D eigenvalue weighted by Crippen LogP contribution is 2.64. The van der Waals surface area contributed by atoms with Gasteiger partial charge in [0.2, 0.25) is 5.78 Å². The first-order chi connectivity index (χ1) is 12.1. The highest BCUT2D eigenvalue weighted by atomic mass is 16.5. The topological polar surface area (TPSA) is 52.6 Å². The SMILES string of the molecule is COC1=C(C(C)C)C(=O)C2=C(CC34CCCC(C)(C)C3CC2(C)O4)C1=O. The van der Waals surface area contributed by atoms with Gasteiger partial charge in [-0.15, -0.1) is 0 Å². The molecule has 4 nitrogen and oxygen atoms in total. The molecule has 4 heteroatoms. The Hall–Kier alpha value is -1.42. The van der Waals surface area contributed by atoms with Crippen LogP contribution in [-0.4, -0.2) is 29.9 Å². The first-order valence-electron chi connectivity index (χ1n) is 9.88. The van der Waals surface area contributed by atoms with Crippen LogP contribution in [0.15, 0.2) is 22.5 Å². The fourth-order valence-electron chi connectivity index (χ4n) is 6.27. The highest BCUT2D eigenvalue weighted by molar-refractivity contribution is 6.25. The molecule has 4 rings (SSSR count). The molecule has 3 unspecified atom stereocenters. The van der Waals surface area contributed by atoms with Gasteiger partial charge in [0.1, 0.15) is 0 Å². The minimum Gasteiger partial charge on any atom is -0.492 e. The van der Waals surface area contributed by atoms with Gasteiger partial charge in [-0.25, -0.2) is 0 Å². The summed E-state index contributed by atoms with van der Waals surface area (Å²) in [5.74, 6) is 0.421. The molecular weight excluding hydrogens is 328 g/mol. The number of ketones is 2. The molecule has 0 radical (unpaired) electrons. The number of carbonyl (C=O) groups excluding carboxylic acids is 2. The summed E-state index contributed by atoms with van der Waals surface area (Å²) >= 11 is 0. The Morgan fingerprint density at radius 3 is 2.42 bits per heavy atom. The Balaban J connectivity index is 1.87. The van der Waals surface area contributed by atoms with Crippen molar-refractivity contribution in [1.82, 2.24) is 0 Å². The molecule has 0 amide bonds. The Morgan fingerprint density at radius 2 is 1.81 bits per heavy atom. The largest absolute Gasteiger partial charge is 0.492 e. The second-order valence-corrected chi connectivity index (χ2v) is 9.79. The Bertz CT molecular complexity index is 769. The molecule has 2 aliphatic heterocycles. The molecule has 1 spiro atoms. The van der Waals surface area contributed by atoms with Crippen molar-refractivity contribution in [1.29, 1.82) is 0 Å². The van der Waals surface area contributed by atoms with E-state index in [4.69, 9.17) is 9.47 Å². The zero-order valence-corrected chi connectivity index (χ0v) is 16.8. The number of hydrogen-bond donors (Lipinski definition) is 0. The molecular formula is C22H30O4. The van der Waals surface area contributed by atoms with Crippen LogP contribution in [0, 0.1) is 17.3 Å². The summed E-state index contributed by atoms with van der Waals surface area (Å²) in [7, 11) is 1.49. The first-order valence-corrected chi connectivity index (χ1v) is 9.88. The number of fused-ring (bicyclic) bond motifs is 2. The summed E-state index contributed by atoms with van der Waals surface area (Å²) in [6.45, 7) is 10.5. The van der Waals surface area contributed by atoms with Crippen LogP contribution in [0.25, 0.3) is 0 Å². The van der Waals surface area contributed by atoms with E-state index in [1.807, 2.05) is 20.8 Å². The van der Waals surface area contributed by atoms with Crippen LogP contribution in [0.1, 0.15) is 66.7 Å². The van der Waals surface area contributed by atoms with E-state index in [1.165, 1.54) is 13.5 Å². The minimum atomic E-state index is -0.661. The van der Waals surface area contributed by atoms with Gasteiger partial charge in [-0.2, -0.15) is 0 Å². The lowest BCUT2D eigenvalue weighted by atomic mass is 9.60. The summed E-state index contributed by atoms with van der Waals surface area (Å²) in [5, 5.41) is 0. The lowest BCUT2D eigenvalue weighted by Crippen LogP contribution is -2.51. The maximum atomic E-state index is 13.4. The molecule has 4 aliphatic rings. The van der Waals surface area contributed by atoms with Crippen LogP contribution < -0.4 is 0 Å². The molecule has 2 heterocycles. The summed E-state index contributed by atoms with van der Waals surface area (Å²) in [4.78, 5) is 26.7. The maximum absolute atomic E-state index is 13.4. The van der Waals surface area contributed by atoms with E-state index in [2.05, 4.69) is 13.8 Å². The molecule has 2 fully saturated rings. The molecule has 0 N–H and O–H groups in total. The van der Waals surface area contributed by atoms with Crippen LogP contribution in [0.5, 0.6) is 0 Å². The van der Waals surface area contributed by atoms with Crippen molar-refractivity contribution in [2.45, 2.75) is 77.9 Å². The van der Waals surface area contributed by atoms with Crippen molar-refractivity contribution in [2.24, 2.45) is 17.3 Å². The van der Waals surface area contributed by atoms with Crippen LogP contribution in [0.3, 0.4) is 0 Å². The number of Topliss-reactive ketones (excluding diaryl/α,β-unsaturated/α-hetero) is 2. The Labute approximate surface area is 156 Å². The van der Waals surface area contributed by atoms with Gasteiger partial charge in [-0.3, -0.25) is 9.59 Å². The van der Waals surface area contributed by atoms with Crippen molar-refractivity contribution >= 4 is 11.6 Å². The highest BCUT2D eigenvalue weighted by Gasteiger charge is 2.66. The van der Waals surface area contributed by atoms with E-state index in [0.717, 1.165) is 19.3 Å². The molecule has 0 aromatic heterocycles. The molecule has 2 aliphatic carbocycles. The van der Waals surface area contributed by atoms with Gasteiger partial charge >= 0.3 is 0 Å². The van der Waals surface area contributed by atoms with Gasteiger partial charge in [0, 0.05) is 23.1 Å². The number of hydrogen-bond acceptors (Lipinski definition) is 4. The summed E-state index contributed by atoms with van der Waals surface area (Å²) in [6.07, 6.45) is 4.62. The van der Waals surface area contributed by atoms with E-state index < -0.39 is 5.60 Å². The van der Waals surface area contributed by atoms with E-state index in [1.54, 1.807) is 0 Å². The molecule has 3 atom stereocenters. The number of allylic oxidation sites excluding steroid dienone is 2. The fourth-order valence-corrected chi connectivity index (χ4v) is 6.27. The molecule has 1 saturated heterocycles. The Morgan fingerprint density at radius 1 is 1.12 bits per heavy atom. The van der Waals surface area contributed by atoms with Crippen LogP contribution in [0.4, 0.5) is 0 Å². The number of methoxy groups -OCH3 is 1. The zero-order valence-electron chi connectivity index (χ0n) is 16.8. The van der Waals surface area contributed by atoms with E-state index in [-0.39, 0.29) is 34.3 Å². The quantitative estimate of drug-likeness (QED) is 0.696. The second kappa shape index (κ2) is 5.31. The third-order valence-electron chi connectivity index (χ3n) is 7.31. The lowest BCUT2D eigenvalue weighted by Gasteiger charge is -2.49. The Kier molecular flexibility index (Phi) is 3.67. The number of rotatable bonds is 2. The predicted octanol–water partition coefficient (Wildman–Crippen LogP) is 4.14. The summed E-state index contributed by atoms with van der Waals surface area (Å²) < 4.78 is 12.1. The smallest absolute Gasteiger partial charge is 0.224 e. The van der Waals surface area contributed by atoms with Crippen LogP contribution >= 0.6 is 0 Å². The van der Waals surface area contributed by atoms with Gasteiger partial charge in [0.05, 0.1) is 18.3 Å². The molecule has 0 aromatic rings. The van der Waals surface area contributed by atoms with E-state index >= 15 is 0 Å². The molecule has 2 bridgehead atoms. The van der Waals surface area contributed by atoms with Crippen molar-refractivity contribution in [3.05, 3.63) is 22.5 Å². The van der Waals surface area contributed by atoms with Gasteiger partial charge in [0.15, 0.2) is 11.5 Å². The third-order valence-corrected chi connectivity index (χ3v) is 7.31. The van der Waals surface area contributed by atoms with Crippen LogP contribution in [-0.2, 0) is 19.1 Å². The van der Waals surface area contributed by atoms with Gasteiger partial charge in [-0.05, 0) is 43.4 Å². The van der Waals surface area contributed by atoms with E-state index in [0.29, 0.717) is 29.1 Å². The molecule has 142 valence electrons. The summed E-state index contributed by atoms with van der Waals surface area (Å²) in [6, 6.07) is 0. The molecule has 0 aromatic carbocycles.